The molecule has 4 rings (SSSR count). The number of alkyl halides is 6. The van der Waals surface area contributed by atoms with Crippen molar-refractivity contribution in [3.8, 4) is 11.8 Å². The normalized spacial score (nSPS) is 12.2. The van der Waals surface area contributed by atoms with Gasteiger partial charge in [0, 0.05) is 12.1 Å². The van der Waals surface area contributed by atoms with Crippen LogP contribution in [0.5, 0.6) is 11.8 Å². The van der Waals surface area contributed by atoms with Crippen LogP contribution < -0.4 is 20.7 Å². The molecule has 2 heterocycles. The van der Waals surface area contributed by atoms with E-state index in [1.807, 2.05) is 0 Å². The van der Waals surface area contributed by atoms with Gasteiger partial charge in [0.1, 0.15) is 19.0 Å². The molecule has 1 N–H and O–H groups in total. The summed E-state index contributed by atoms with van der Waals surface area (Å²) in [6.07, 6.45) is -10.1. The molecule has 0 unspecified atom stereocenters. The number of nitrogens with zero attached hydrogens (tertiary/aromatic N) is 4. The maximum absolute atomic E-state index is 13.2. The topological polar surface area (TPSA) is 101 Å². The molecule has 0 aliphatic carbocycles. The lowest BCUT2D eigenvalue weighted by Crippen LogP contribution is -2.40. The van der Waals surface area contributed by atoms with Crippen molar-refractivity contribution >= 4 is 22.8 Å². The van der Waals surface area contributed by atoms with Gasteiger partial charge in [0.05, 0.1) is 30.8 Å². The van der Waals surface area contributed by atoms with E-state index in [9.17, 15) is 41.0 Å². The maximum Gasteiger partial charge on any atom is 0.416 e. The summed E-state index contributed by atoms with van der Waals surface area (Å²) >= 11 is 5.95. The Morgan fingerprint density at radius 2 is 1.49 bits per heavy atom. The van der Waals surface area contributed by atoms with Gasteiger partial charge < -0.3 is 14.6 Å². The lowest BCUT2D eigenvalue weighted by atomic mass is 10.1. The molecule has 0 fully saturated rings. The molecule has 0 radical (unpaired) electrons. The van der Waals surface area contributed by atoms with E-state index in [0.717, 1.165) is 9.13 Å². The average Bonchev–Trinajstić information content (AvgIpc) is 3.26. The van der Waals surface area contributed by atoms with Crippen LogP contribution in [0.4, 0.5) is 26.3 Å². The maximum atomic E-state index is 13.2. The average molecular weight is 607 g/mol. The summed E-state index contributed by atoms with van der Waals surface area (Å²) in [6.45, 7) is -1.65. The minimum absolute atomic E-state index is 0.0129. The SMILES string of the molecule is Cn1c(=O)n(CCO)c(=O)c2c1nc(OCCOc1cc(C(F)(F)F)cc(C(F)(F)F)c1)n2Cc1ccc(Cl)cc1. The Bertz CT molecular complexity index is 1640. The van der Waals surface area contributed by atoms with Crippen LogP contribution in [-0.2, 0) is 32.5 Å². The molecule has 0 saturated carbocycles. The van der Waals surface area contributed by atoms with E-state index >= 15 is 0 Å². The Kier molecular flexibility index (Phi) is 8.40. The van der Waals surface area contributed by atoms with Gasteiger partial charge in [-0.05, 0) is 35.9 Å². The number of halogens is 7. The Balaban J connectivity index is 1.66. The number of aliphatic hydroxyl groups excluding tert-OH is 1. The third kappa shape index (κ3) is 6.51. The van der Waals surface area contributed by atoms with Crippen LogP contribution in [0, 0.1) is 0 Å². The first-order valence-corrected chi connectivity index (χ1v) is 12.2. The quantitative estimate of drug-likeness (QED) is 0.228. The molecule has 41 heavy (non-hydrogen) atoms. The highest BCUT2D eigenvalue weighted by atomic mass is 35.5. The Morgan fingerprint density at radius 3 is 2.05 bits per heavy atom. The molecule has 0 aliphatic heterocycles. The van der Waals surface area contributed by atoms with E-state index in [1.54, 1.807) is 24.3 Å². The van der Waals surface area contributed by atoms with Crippen molar-refractivity contribution < 1.29 is 40.9 Å². The standard InChI is InChI=1S/C25H21ClF6N4O5/c1-34-20-19(21(38)35(6-7-37)23(34)39)36(13-14-2-4-17(26)5-3-14)22(33-20)41-9-8-40-18-11-15(24(27,28)29)10-16(12-18)25(30,31)32/h2-5,10-12,37H,6-9,13H2,1H3. The Morgan fingerprint density at radius 1 is 0.902 bits per heavy atom. The first-order chi connectivity index (χ1) is 19.2. The molecule has 0 atom stereocenters. The van der Waals surface area contributed by atoms with Gasteiger partial charge in [-0.3, -0.25) is 18.5 Å². The number of benzene rings is 2. The van der Waals surface area contributed by atoms with Crippen LogP contribution >= 0.6 is 11.6 Å². The van der Waals surface area contributed by atoms with E-state index < -0.39 is 60.3 Å². The highest BCUT2D eigenvalue weighted by Gasteiger charge is 2.37. The summed E-state index contributed by atoms with van der Waals surface area (Å²) in [7, 11) is 1.36. The van der Waals surface area contributed by atoms with Gasteiger partial charge in [-0.1, -0.05) is 23.7 Å². The van der Waals surface area contributed by atoms with E-state index in [1.165, 1.54) is 11.6 Å². The smallest absolute Gasteiger partial charge is 0.416 e. The summed E-state index contributed by atoms with van der Waals surface area (Å²) in [6, 6.07) is 7.23. The van der Waals surface area contributed by atoms with Crippen LogP contribution in [0.25, 0.3) is 11.2 Å². The van der Waals surface area contributed by atoms with Crippen LogP contribution in [-0.4, -0.2) is 43.6 Å². The Labute approximate surface area is 231 Å². The number of fused-ring (bicyclic) bond motifs is 1. The van der Waals surface area contributed by atoms with Gasteiger partial charge >= 0.3 is 18.0 Å². The van der Waals surface area contributed by atoms with Crippen molar-refractivity contribution in [3.05, 3.63) is 85.0 Å². The molecular weight excluding hydrogens is 586 g/mol. The van der Waals surface area contributed by atoms with Crippen molar-refractivity contribution in [2.75, 3.05) is 19.8 Å². The molecule has 2 aromatic heterocycles. The zero-order valence-electron chi connectivity index (χ0n) is 21.1. The second kappa shape index (κ2) is 11.5. The van der Waals surface area contributed by atoms with Crippen LogP contribution in [0.15, 0.2) is 52.1 Å². The molecule has 16 heteroatoms. The van der Waals surface area contributed by atoms with E-state index in [0.29, 0.717) is 22.7 Å². The predicted molar refractivity (Wildman–Crippen MR) is 134 cm³/mol. The molecule has 4 aromatic rings. The number of rotatable bonds is 9. The number of hydrogen-bond acceptors (Lipinski definition) is 6. The minimum atomic E-state index is -5.04. The zero-order valence-corrected chi connectivity index (χ0v) is 21.8. The molecule has 0 saturated heterocycles. The molecule has 0 bridgehead atoms. The van der Waals surface area contributed by atoms with E-state index in [-0.39, 0.29) is 36.3 Å². The van der Waals surface area contributed by atoms with Gasteiger partial charge in [-0.15, -0.1) is 0 Å². The largest absolute Gasteiger partial charge is 0.490 e. The van der Waals surface area contributed by atoms with Gasteiger partial charge in [0.25, 0.3) is 11.6 Å². The van der Waals surface area contributed by atoms with Crippen molar-refractivity contribution in [2.24, 2.45) is 7.05 Å². The zero-order chi connectivity index (χ0) is 30.1. The molecule has 220 valence electrons. The second-order valence-corrected chi connectivity index (χ2v) is 9.18. The first kappa shape index (κ1) is 30.0. The van der Waals surface area contributed by atoms with Crippen molar-refractivity contribution in [1.82, 2.24) is 18.7 Å². The van der Waals surface area contributed by atoms with Gasteiger partial charge in [0.2, 0.25) is 0 Å². The minimum Gasteiger partial charge on any atom is -0.490 e. The second-order valence-electron chi connectivity index (χ2n) is 8.74. The third-order valence-electron chi connectivity index (χ3n) is 5.92. The molecule has 0 amide bonds. The monoisotopic (exact) mass is 606 g/mol. The number of aryl methyl sites for hydroxylation is 1. The van der Waals surface area contributed by atoms with Gasteiger partial charge in [-0.25, -0.2) is 4.79 Å². The van der Waals surface area contributed by atoms with Crippen molar-refractivity contribution in [3.63, 3.8) is 0 Å². The first-order valence-electron chi connectivity index (χ1n) is 11.8. The summed E-state index contributed by atoms with van der Waals surface area (Å²) in [5, 5.41) is 9.77. The highest BCUT2D eigenvalue weighted by Crippen LogP contribution is 2.38. The number of ether oxygens (including phenoxy) is 2. The number of aliphatic hydroxyl groups is 1. The Hall–Kier alpha value is -3.98. The van der Waals surface area contributed by atoms with Crippen molar-refractivity contribution in [2.45, 2.75) is 25.4 Å². The summed E-state index contributed by atoms with van der Waals surface area (Å²) in [5.74, 6) is -0.681. The lowest BCUT2D eigenvalue weighted by Gasteiger charge is -2.15. The van der Waals surface area contributed by atoms with Crippen LogP contribution in [0.2, 0.25) is 5.02 Å². The fraction of sp³-hybridized carbons (Fsp3) is 0.320. The van der Waals surface area contributed by atoms with Gasteiger partial charge in [0.15, 0.2) is 11.2 Å². The van der Waals surface area contributed by atoms with Gasteiger partial charge in [-0.2, -0.15) is 31.3 Å². The lowest BCUT2D eigenvalue weighted by molar-refractivity contribution is -0.143. The van der Waals surface area contributed by atoms with Crippen molar-refractivity contribution in [1.29, 1.82) is 0 Å². The summed E-state index contributed by atoms with van der Waals surface area (Å²) in [4.78, 5) is 30.1. The molecule has 0 spiro atoms. The highest BCUT2D eigenvalue weighted by molar-refractivity contribution is 6.30. The number of imidazole rings is 1. The summed E-state index contributed by atoms with van der Waals surface area (Å²) < 4.78 is 92.8. The van der Waals surface area contributed by atoms with E-state index in [4.69, 9.17) is 21.1 Å². The molecule has 0 aliphatic rings. The van der Waals surface area contributed by atoms with Crippen LogP contribution in [0.1, 0.15) is 16.7 Å². The molecular formula is C25H21ClF6N4O5. The predicted octanol–water partition coefficient (Wildman–Crippen LogP) is 4.09. The molecule has 9 nitrogen and oxygen atoms in total. The van der Waals surface area contributed by atoms with Crippen LogP contribution in [0.3, 0.4) is 0 Å². The fourth-order valence-corrected chi connectivity index (χ4v) is 4.11. The number of hydrogen-bond donors (Lipinski definition) is 1. The third-order valence-corrected chi connectivity index (χ3v) is 6.17. The summed E-state index contributed by atoms with van der Waals surface area (Å²) in [5.41, 5.74) is -4.01. The molecule has 2 aromatic carbocycles. The number of aromatic nitrogens is 4. The van der Waals surface area contributed by atoms with E-state index in [2.05, 4.69) is 4.98 Å². The fourth-order valence-electron chi connectivity index (χ4n) is 3.98.